The van der Waals surface area contributed by atoms with Crippen LogP contribution in [-0.4, -0.2) is 18.1 Å². The van der Waals surface area contributed by atoms with Gasteiger partial charge in [0.05, 0.1) is 10.6 Å². The van der Waals surface area contributed by atoms with E-state index < -0.39 is 23.1 Å². The Kier molecular flexibility index (Phi) is 6.75. The average molecular weight is 438 g/mol. The van der Waals surface area contributed by atoms with E-state index in [0.717, 1.165) is 0 Å². The zero-order valence-corrected chi connectivity index (χ0v) is 15.5. The molecule has 0 fully saturated rings. The van der Waals surface area contributed by atoms with Crippen molar-refractivity contribution in [3.05, 3.63) is 68.7 Å². The highest BCUT2D eigenvalue weighted by molar-refractivity contribution is 6.35. The molecule has 4 nitrogen and oxygen atoms in total. The third kappa shape index (κ3) is 5.89. The molecular formula is C17H10Cl3F3N2O2. The lowest BCUT2D eigenvalue weighted by Gasteiger charge is -2.09. The molecule has 0 aliphatic carbocycles. The van der Waals surface area contributed by atoms with Crippen molar-refractivity contribution >= 4 is 58.5 Å². The molecule has 3 amide bonds. The highest BCUT2D eigenvalue weighted by atomic mass is 35.5. The molecule has 0 aliphatic heterocycles. The molecule has 0 aliphatic rings. The van der Waals surface area contributed by atoms with Gasteiger partial charge in [0.2, 0.25) is 0 Å². The smallest absolute Gasteiger partial charge is 0.308 e. The number of urea groups is 1. The van der Waals surface area contributed by atoms with Crippen LogP contribution >= 0.6 is 34.8 Å². The summed E-state index contributed by atoms with van der Waals surface area (Å²) < 4.78 is 37.4. The molecule has 0 saturated carbocycles. The lowest BCUT2D eigenvalue weighted by molar-refractivity contribution is -0.0836. The van der Waals surface area contributed by atoms with E-state index in [-0.39, 0.29) is 26.9 Å². The van der Waals surface area contributed by atoms with Crippen LogP contribution in [0.3, 0.4) is 0 Å². The molecule has 0 unspecified atom stereocenters. The van der Waals surface area contributed by atoms with E-state index in [1.807, 2.05) is 0 Å². The van der Waals surface area contributed by atoms with Crippen LogP contribution in [0.5, 0.6) is 0 Å². The third-order valence-electron chi connectivity index (χ3n) is 3.16. The summed E-state index contributed by atoms with van der Waals surface area (Å²) in [6.07, 6.45) is -4.03. The van der Waals surface area contributed by atoms with Crippen molar-refractivity contribution in [3.63, 3.8) is 0 Å². The topological polar surface area (TPSA) is 58.2 Å². The summed E-state index contributed by atoms with van der Waals surface area (Å²) in [5.41, 5.74) is 0.275. The molecule has 142 valence electrons. The Morgan fingerprint density at radius 3 is 2.26 bits per heavy atom. The predicted octanol–water partition coefficient (Wildman–Crippen LogP) is 6.10. The summed E-state index contributed by atoms with van der Waals surface area (Å²) in [5.74, 6) is -0.722. The van der Waals surface area contributed by atoms with Crippen LogP contribution < -0.4 is 10.6 Å². The first-order valence-electron chi connectivity index (χ1n) is 7.18. The second-order valence-corrected chi connectivity index (χ2v) is 6.34. The average Bonchev–Trinajstić information content (AvgIpc) is 2.56. The van der Waals surface area contributed by atoms with Crippen LogP contribution in [0.25, 0.3) is 6.08 Å². The fourth-order valence-electron chi connectivity index (χ4n) is 1.92. The number of alkyl halides is 3. The monoisotopic (exact) mass is 436 g/mol. The number of carbonyl (C=O) groups excluding carboxylic acids is 2. The minimum absolute atomic E-state index is 0.0112. The van der Waals surface area contributed by atoms with Gasteiger partial charge < -0.3 is 5.32 Å². The molecule has 2 N–H and O–H groups in total. The zero-order chi connectivity index (χ0) is 20.2. The lowest BCUT2D eigenvalue weighted by atomic mass is 10.2. The van der Waals surface area contributed by atoms with E-state index in [2.05, 4.69) is 10.6 Å². The Balaban J connectivity index is 2.08. The quantitative estimate of drug-likeness (QED) is 0.610. The van der Waals surface area contributed by atoms with Gasteiger partial charge in [0.1, 0.15) is 5.03 Å². The van der Waals surface area contributed by atoms with Gasteiger partial charge in [0.25, 0.3) is 5.91 Å². The van der Waals surface area contributed by atoms with Gasteiger partial charge >= 0.3 is 12.2 Å². The van der Waals surface area contributed by atoms with Gasteiger partial charge in [-0.25, -0.2) is 4.79 Å². The van der Waals surface area contributed by atoms with Gasteiger partial charge in [-0.3, -0.25) is 10.1 Å². The fourth-order valence-corrected chi connectivity index (χ4v) is 2.49. The van der Waals surface area contributed by atoms with Crippen molar-refractivity contribution in [3.8, 4) is 0 Å². The molecule has 0 radical (unpaired) electrons. The second-order valence-electron chi connectivity index (χ2n) is 5.11. The summed E-state index contributed by atoms with van der Waals surface area (Å²) in [6, 6.07) is 9.03. The van der Waals surface area contributed by atoms with E-state index in [9.17, 15) is 22.8 Å². The predicted molar refractivity (Wildman–Crippen MR) is 99.3 cm³/mol. The molecule has 0 atom stereocenters. The maximum Gasteiger partial charge on any atom is 0.426 e. The summed E-state index contributed by atoms with van der Waals surface area (Å²) in [4.78, 5) is 23.9. The van der Waals surface area contributed by atoms with Gasteiger partial charge in [0, 0.05) is 10.7 Å². The van der Waals surface area contributed by atoms with Crippen molar-refractivity contribution in [1.82, 2.24) is 5.32 Å². The Labute approximate surface area is 166 Å². The number of halogens is 6. The van der Waals surface area contributed by atoms with Gasteiger partial charge in [-0.15, -0.1) is 0 Å². The lowest BCUT2D eigenvalue weighted by Crippen LogP contribution is -2.34. The molecule has 2 rings (SSSR count). The largest absolute Gasteiger partial charge is 0.426 e. The molecule has 0 saturated heterocycles. The number of hydrogen-bond donors (Lipinski definition) is 2. The maximum absolute atomic E-state index is 12.5. The van der Waals surface area contributed by atoms with Gasteiger partial charge in [0.15, 0.2) is 0 Å². The van der Waals surface area contributed by atoms with Crippen LogP contribution in [-0.2, 0) is 0 Å². The minimum atomic E-state index is -4.69. The van der Waals surface area contributed by atoms with E-state index in [1.165, 1.54) is 30.3 Å². The number of imide groups is 1. The number of rotatable bonds is 3. The first-order chi connectivity index (χ1) is 12.6. The summed E-state index contributed by atoms with van der Waals surface area (Å²) in [5, 5.41) is 3.17. The zero-order valence-electron chi connectivity index (χ0n) is 13.2. The number of nitrogens with one attached hydrogen (secondary N) is 2. The molecule has 0 bridgehead atoms. The molecule has 0 spiro atoms. The van der Waals surface area contributed by atoms with Gasteiger partial charge in [-0.1, -0.05) is 53.0 Å². The number of amides is 3. The van der Waals surface area contributed by atoms with Crippen LogP contribution in [0.15, 0.2) is 47.5 Å². The number of carbonyl (C=O) groups is 2. The molecule has 27 heavy (non-hydrogen) atoms. The van der Waals surface area contributed by atoms with E-state index in [1.54, 1.807) is 12.1 Å². The van der Waals surface area contributed by atoms with Crippen molar-refractivity contribution < 1.29 is 22.8 Å². The van der Waals surface area contributed by atoms with Crippen LogP contribution in [0.1, 0.15) is 15.9 Å². The Hall–Kier alpha value is -2.22. The number of anilines is 1. The molecule has 0 heterocycles. The molecule has 2 aromatic rings. The van der Waals surface area contributed by atoms with Crippen molar-refractivity contribution in [1.29, 1.82) is 0 Å². The van der Waals surface area contributed by atoms with Crippen LogP contribution in [0.4, 0.5) is 23.7 Å². The number of allylic oxidation sites excluding steroid dienone is 1. The van der Waals surface area contributed by atoms with E-state index >= 15 is 0 Å². The minimum Gasteiger partial charge on any atom is -0.308 e. The highest BCUT2D eigenvalue weighted by Gasteiger charge is 2.32. The number of hydrogen-bond acceptors (Lipinski definition) is 2. The summed E-state index contributed by atoms with van der Waals surface area (Å²) >= 11 is 16.9. The summed E-state index contributed by atoms with van der Waals surface area (Å²) in [6.45, 7) is 0. The normalized spacial score (nSPS) is 11.9. The molecule has 10 heteroatoms. The fraction of sp³-hybridized carbons (Fsp3) is 0.0588. The van der Waals surface area contributed by atoms with Crippen LogP contribution in [0.2, 0.25) is 10.0 Å². The van der Waals surface area contributed by atoms with Crippen LogP contribution in [0, 0.1) is 0 Å². The Bertz CT molecular complexity index is 915. The van der Waals surface area contributed by atoms with E-state index in [4.69, 9.17) is 34.8 Å². The van der Waals surface area contributed by atoms with Crippen molar-refractivity contribution in [2.24, 2.45) is 0 Å². The van der Waals surface area contributed by atoms with E-state index in [0.29, 0.717) is 6.08 Å². The van der Waals surface area contributed by atoms with Crippen molar-refractivity contribution in [2.45, 2.75) is 6.18 Å². The molecular weight excluding hydrogens is 428 g/mol. The molecule has 2 aromatic carbocycles. The first-order valence-corrected chi connectivity index (χ1v) is 8.32. The van der Waals surface area contributed by atoms with Crippen molar-refractivity contribution in [2.75, 3.05) is 5.32 Å². The maximum atomic E-state index is 12.5. The third-order valence-corrected chi connectivity index (χ3v) is 4.14. The Morgan fingerprint density at radius 1 is 1.00 bits per heavy atom. The Morgan fingerprint density at radius 2 is 1.67 bits per heavy atom. The highest BCUT2D eigenvalue weighted by Crippen LogP contribution is 2.32. The second kappa shape index (κ2) is 8.65. The first kappa shape index (κ1) is 21.1. The van der Waals surface area contributed by atoms with Gasteiger partial charge in [-0.05, 0) is 35.9 Å². The molecule has 0 aromatic heterocycles. The summed E-state index contributed by atoms with van der Waals surface area (Å²) in [7, 11) is 0. The van der Waals surface area contributed by atoms with Gasteiger partial charge in [-0.2, -0.15) is 13.2 Å². The SMILES string of the molecule is O=C(NC(=O)c1ccccc1Cl)Nc1ccc(/C=C(\Cl)C(F)(F)F)c(Cl)c1. The standard InChI is InChI=1S/C17H10Cl3F3N2O2/c18-12-4-2-1-3-11(12)15(26)25-16(27)24-10-6-5-9(13(19)8-10)7-14(20)17(21,22)23/h1-8H,(H2,24,25,26,27)/b14-7-. The number of benzene rings is 2.